The van der Waals surface area contributed by atoms with Crippen molar-refractivity contribution >= 4 is 40.7 Å². The SMILES string of the molecule is CC(N)CC(CC(C)N)c1ccc(Br)cc1.Cl.Cl. The van der Waals surface area contributed by atoms with Crippen molar-refractivity contribution in [2.75, 3.05) is 0 Å². The van der Waals surface area contributed by atoms with Crippen molar-refractivity contribution in [3.63, 3.8) is 0 Å². The van der Waals surface area contributed by atoms with Crippen molar-refractivity contribution in [3.05, 3.63) is 34.3 Å². The van der Waals surface area contributed by atoms with Gasteiger partial charge in [-0.25, -0.2) is 0 Å². The zero-order valence-corrected chi connectivity index (χ0v) is 14.0. The summed E-state index contributed by atoms with van der Waals surface area (Å²) in [6.45, 7) is 4.10. The second kappa shape index (κ2) is 10.0. The molecule has 0 spiro atoms. The predicted octanol–water partition coefficient (Wildman–Crippen LogP) is 3.85. The highest BCUT2D eigenvalue weighted by molar-refractivity contribution is 9.10. The summed E-state index contributed by atoms with van der Waals surface area (Å²) < 4.78 is 1.11. The van der Waals surface area contributed by atoms with E-state index in [1.807, 2.05) is 13.8 Å². The molecule has 1 aromatic rings. The molecule has 0 aliphatic rings. The Hall–Kier alpha value is 0.200. The van der Waals surface area contributed by atoms with Crippen LogP contribution in [0.3, 0.4) is 0 Å². The molecule has 0 saturated heterocycles. The molecular weight excluding hydrogens is 335 g/mol. The molecule has 2 unspecified atom stereocenters. The summed E-state index contributed by atoms with van der Waals surface area (Å²) in [5.41, 5.74) is 13.1. The van der Waals surface area contributed by atoms with Crippen molar-refractivity contribution in [1.29, 1.82) is 0 Å². The maximum Gasteiger partial charge on any atom is 0.0175 e. The highest BCUT2D eigenvalue weighted by Gasteiger charge is 2.15. The summed E-state index contributed by atoms with van der Waals surface area (Å²) in [5.74, 6) is 0.466. The lowest BCUT2D eigenvalue weighted by Crippen LogP contribution is -2.24. The third kappa shape index (κ3) is 7.59. The summed E-state index contributed by atoms with van der Waals surface area (Å²) in [7, 11) is 0. The Kier molecular flexibility index (Phi) is 11.4. The molecule has 0 aliphatic carbocycles. The number of halogens is 3. The maximum atomic E-state index is 5.89. The molecule has 0 fully saturated rings. The van der Waals surface area contributed by atoms with Gasteiger partial charge in [-0.1, -0.05) is 28.1 Å². The average molecular weight is 358 g/mol. The maximum absolute atomic E-state index is 5.89. The molecule has 106 valence electrons. The quantitative estimate of drug-likeness (QED) is 0.840. The Morgan fingerprint density at radius 3 is 1.67 bits per heavy atom. The van der Waals surface area contributed by atoms with Crippen LogP contribution in [0.4, 0.5) is 0 Å². The molecule has 0 aromatic heterocycles. The van der Waals surface area contributed by atoms with Crippen LogP contribution in [0.15, 0.2) is 28.7 Å². The van der Waals surface area contributed by atoms with E-state index in [-0.39, 0.29) is 36.9 Å². The molecule has 2 nitrogen and oxygen atoms in total. The fraction of sp³-hybridized carbons (Fsp3) is 0.538. The van der Waals surface area contributed by atoms with Gasteiger partial charge in [-0.3, -0.25) is 0 Å². The van der Waals surface area contributed by atoms with E-state index < -0.39 is 0 Å². The van der Waals surface area contributed by atoms with Crippen molar-refractivity contribution in [2.45, 2.75) is 44.7 Å². The molecule has 18 heavy (non-hydrogen) atoms. The van der Waals surface area contributed by atoms with Crippen LogP contribution in [0, 0.1) is 0 Å². The number of nitrogens with two attached hydrogens (primary N) is 2. The third-order valence-corrected chi connectivity index (χ3v) is 3.18. The van der Waals surface area contributed by atoms with Gasteiger partial charge in [-0.2, -0.15) is 0 Å². The van der Waals surface area contributed by atoms with Gasteiger partial charge in [-0.15, -0.1) is 24.8 Å². The van der Waals surface area contributed by atoms with E-state index in [9.17, 15) is 0 Å². The minimum atomic E-state index is 0. The molecule has 2 atom stereocenters. The topological polar surface area (TPSA) is 52.0 Å². The predicted molar refractivity (Wildman–Crippen MR) is 87.9 cm³/mol. The minimum absolute atomic E-state index is 0. The van der Waals surface area contributed by atoms with Crippen LogP contribution in [-0.4, -0.2) is 12.1 Å². The van der Waals surface area contributed by atoms with E-state index in [0.29, 0.717) is 5.92 Å². The van der Waals surface area contributed by atoms with Crippen molar-refractivity contribution in [3.8, 4) is 0 Å². The van der Waals surface area contributed by atoms with E-state index in [4.69, 9.17) is 11.5 Å². The Labute approximate surface area is 131 Å². The van der Waals surface area contributed by atoms with Crippen molar-refractivity contribution < 1.29 is 0 Å². The van der Waals surface area contributed by atoms with Crippen LogP contribution in [0.1, 0.15) is 38.2 Å². The molecule has 4 N–H and O–H groups in total. The van der Waals surface area contributed by atoms with E-state index in [1.54, 1.807) is 0 Å². The largest absolute Gasteiger partial charge is 0.328 e. The standard InChI is InChI=1S/C13H21BrN2.2ClH/c1-9(15)7-12(8-10(2)16)11-3-5-13(14)6-4-11;;/h3-6,9-10,12H,7-8,15-16H2,1-2H3;2*1H. The molecule has 0 aliphatic heterocycles. The van der Waals surface area contributed by atoms with Gasteiger partial charge in [0.15, 0.2) is 0 Å². The highest BCUT2D eigenvalue weighted by atomic mass is 79.9. The van der Waals surface area contributed by atoms with Crippen LogP contribution in [-0.2, 0) is 0 Å². The number of hydrogen-bond acceptors (Lipinski definition) is 2. The summed E-state index contributed by atoms with van der Waals surface area (Å²) >= 11 is 3.45. The Bertz CT molecular complexity index is 305. The molecule has 1 rings (SSSR count). The van der Waals surface area contributed by atoms with E-state index >= 15 is 0 Å². The van der Waals surface area contributed by atoms with Crippen molar-refractivity contribution in [2.24, 2.45) is 11.5 Å². The second-order valence-electron chi connectivity index (χ2n) is 4.67. The van der Waals surface area contributed by atoms with Gasteiger partial charge in [0.25, 0.3) is 0 Å². The monoisotopic (exact) mass is 356 g/mol. The zero-order chi connectivity index (χ0) is 12.1. The normalized spacial score (nSPS) is 14.9. The minimum Gasteiger partial charge on any atom is -0.328 e. The summed E-state index contributed by atoms with van der Waals surface area (Å²) in [5, 5.41) is 0. The molecule has 0 saturated carbocycles. The lowest BCUT2D eigenvalue weighted by molar-refractivity contribution is 0.486. The van der Waals surface area contributed by atoms with Crippen LogP contribution in [0.25, 0.3) is 0 Å². The molecule has 0 radical (unpaired) electrons. The van der Waals surface area contributed by atoms with E-state index in [0.717, 1.165) is 17.3 Å². The Balaban J connectivity index is 0. The number of benzene rings is 1. The first kappa shape index (κ1) is 20.5. The lowest BCUT2D eigenvalue weighted by atomic mass is 9.88. The summed E-state index contributed by atoms with van der Waals surface area (Å²) in [6.07, 6.45) is 1.98. The second-order valence-corrected chi connectivity index (χ2v) is 5.59. The molecule has 0 bridgehead atoms. The fourth-order valence-corrected chi connectivity index (χ4v) is 2.27. The number of hydrogen-bond donors (Lipinski definition) is 2. The van der Waals surface area contributed by atoms with Gasteiger partial charge in [0.1, 0.15) is 0 Å². The first-order chi connectivity index (χ1) is 7.49. The van der Waals surface area contributed by atoms with E-state index in [1.165, 1.54) is 5.56 Å². The van der Waals surface area contributed by atoms with Gasteiger partial charge in [-0.05, 0) is 50.3 Å². The van der Waals surface area contributed by atoms with Gasteiger partial charge in [0, 0.05) is 16.6 Å². The van der Waals surface area contributed by atoms with Gasteiger partial charge in [0.05, 0.1) is 0 Å². The Morgan fingerprint density at radius 2 is 1.33 bits per heavy atom. The summed E-state index contributed by atoms with van der Waals surface area (Å²) in [6, 6.07) is 8.88. The van der Waals surface area contributed by atoms with Crippen LogP contribution < -0.4 is 11.5 Å². The van der Waals surface area contributed by atoms with Crippen molar-refractivity contribution in [1.82, 2.24) is 0 Å². The summed E-state index contributed by atoms with van der Waals surface area (Å²) in [4.78, 5) is 0. The molecule has 0 heterocycles. The smallest absolute Gasteiger partial charge is 0.0175 e. The Morgan fingerprint density at radius 1 is 0.944 bits per heavy atom. The third-order valence-electron chi connectivity index (χ3n) is 2.65. The van der Waals surface area contributed by atoms with Gasteiger partial charge >= 0.3 is 0 Å². The molecule has 5 heteroatoms. The molecular formula is C13H23BrCl2N2. The van der Waals surface area contributed by atoms with Crippen LogP contribution in [0.2, 0.25) is 0 Å². The van der Waals surface area contributed by atoms with Crippen LogP contribution >= 0.6 is 40.7 Å². The van der Waals surface area contributed by atoms with Gasteiger partial charge in [0.2, 0.25) is 0 Å². The van der Waals surface area contributed by atoms with Crippen LogP contribution in [0.5, 0.6) is 0 Å². The lowest BCUT2D eigenvalue weighted by Gasteiger charge is -2.21. The molecule has 0 amide bonds. The van der Waals surface area contributed by atoms with E-state index in [2.05, 4.69) is 40.2 Å². The first-order valence-electron chi connectivity index (χ1n) is 5.75. The first-order valence-corrected chi connectivity index (χ1v) is 6.55. The average Bonchev–Trinajstić information content (AvgIpc) is 2.16. The zero-order valence-electron chi connectivity index (χ0n) is 10.8. The molecule has 1 aromatic carbocycles. The highest BCUT2D eigenvalue weighted by Crippen LogP contribution is 2.26. The number of rotatable bonds is 5. The van der Waals surface area contributed by atoms with Gasteiger partial charge < -0.3 is 11.5 Å². The fourth-order valence-electron chi connectivity index (χ4n) is 2.00.